The van der Waals surface area contributed by atoms with Crippen LogP contribution in [0.5, 0.6) is 5.75 Å². The first-order chi connectivity index (χ1) is 12.6. The van der Waals surface area contributed by atoms with Crippen LogP contribution in [0.2, 0.25) is 10.0 Å². The number of para-hydroxylation sites is 1. The molecule has 3 aromatic carbocycles. The molecule has 3 rings (SSSR count). The van der Waals surface area contributed by atoms with E-state index >= 15 is 0 Å². The lowest BCUT2D eigenvalue weighted by atomic mass is 10.1. The summed E-state index contributed by atoms with van der Waals surface area (Å²) in [5, 5.41) is 4.78. The highest BCUT2D eigenvalue weighted by atomic mass is 35.5. The minimum atomic E-state index is 0.252. The van der Waals surface area contributed by atoms with Gasteiger partial charge in [-0.05, 0) is 30.7 Å². The number of halogens is 2. The Bertz CT molecular complexity index is 832. The van der Waals surface area contributed by atoms with E-state index in [-0.39, 0.29) is 6.04 Å². The zero-order valence-corrected chi connectivity index (χ0v) is 16.1. The van der Waals surface area contributed by atoms with Gasteiger partial charge in [-0.25, -0.2) is 0 Å². The number of ether oxygens (including phenoxy) is 1. The number of benzene rings is 3. The molecule has 0 heterocycles. The molecule has 134 valence electrons. The third-order valence-electron chi connectivity index (χ3n) is 4.30. The van der Waals surface area contributed by atoms with Crippen LogP contribution in [-0.4, -0.2) is 0 Å². The number of rotatable bonds is 7. The third kappa shape index (κ3) is 4.79. The van der Waals surface area contributed by atoms with Crippen molar-refractivity contribution in [2.75, 3.05) is 0 Å². The van der Waals surface area contributed by atoms with Crippen LogP contribution < -0.4 is 10.1 Å². The molecule has 0 aliphatic carbocycles. The van der Waals surface area contributed by atoms with Gasteiger partial charge in [-0.2, -0.15) is 0 Å². The van der Waals surface area contributed by atoms with Gasteiger partial charge in [0, 0.05) is 33.8 Å². The molecule has 0 saturated carbocycles. The topological polar surface area (TPSA) is 21.3 Å². The summed E-state index contributed by atoms with van der Waals surface area (Å²) in [5.41, 5.74) is 3.16. The van der Waals surface area contributed by atoms with Crippen LogP contribution in [0.15, 0.2) is 72.8 Å². The van der Waals surface area contributed by atoms with E-state index in [1.165, 1.54) is 5.56 Å². The van der Waals surface area contributed by atoms with Crippen LogP contribution in [0.4, 0.5) is 0 Å². The molecule has 0 aliphatic heterocycles. The Kier molecular flexibility index (Phi) is 6.56. The molecule has 0 spiro atoms. The second-order valence-corrected chi connectivity index (χ2v) is 6.92. The van der Waals surface area contributed by atoms with E-state index in [4.69, 9.17) is 27.9 Å². The summed E-state index contributed by atoms with van der Waals surface area (Å²) >= 11 is 12.5. The largest absolute Gasteiger partial charge is 0.488 e. The van der Waals surface area contributed by atoms with Crippen LogP contribution >= 0.6 is 23.2 Å². The SMILES string of the molecule is C[C@H](NCc1ccccc1OCc1c(Cl)cccc1Cl)c1ccccc1. The fraction of sp³-hybridized carbons (Fsp3) is 0.182. The molecule has 0 saturated heterocycles. The van der Waals surface area contributed by atoms with Gasteiger partial charge >= 0.3 is 0 Å². The lowest BCUT2D eigenvalue weighted by Crippen LogP contribution is -2.18. The van der Waals surface area contributed by atoms with E-state index in [1.807, 2.05) is 42.5 Å². The quantitative estimate of drug-likeness (QED) is 0.506. The lowest BCUT2D eigenvalue weighted by Gasteiger charge is -2.17. The van der Waals surface area contributed by atoms with Gasteiger partial charge in [-0.3, -0.25) is 0 Å². The van der Waals surface area contributed by atoms with Gasteiger partial charge in [-0.15, -0.1) is 0 Å². The van der Waals surface area contributed by atoms with Crippen LogP contribution in [-0.2, 0) is 13.2 Å². The Balaban J connectivity index is 1.66. The highest BCUT2D eigenvalue weighted by Crippen LogP contribution is 2.27. The summed E-state index contributed by atoms with van der Waals surface area (Å²) in [7, 11) is 0. The maximum atomic E-state index is 6.23. The second kappa shape index (κ2) is 9.09. The van der Waals surface area contributed by atoms with Gasteiger partial charge in [0.05, 0.1) is 0 Å². The monoisotopic (exact) mass is 385 g/mol. The van der Waals surface area contributed by atoms with Crippen LogP contribution in [0.3, 0.4) is 0 Å². The molecular weight excluding hydrogens is 365 g/mol. The van der Waals surface area contributed by atoms with Crippen LogP contribution in [0.1, 0.15) is 29.7 Å². The molecule has 0 unspecified atom stereocenters. The zero-order chi connectivity index (χ0) is 18.4. The van der Waals surface area contributed by atoms with E-state index < -0.39 is 0 Å². The molecule has 0 fully saturated rings. The minimum Gasteiger partial charge on any atom is -0.488 e. The number of hydrogen-bond donors (Lipinski definition) is 1. The fourth-order valence-electron chi connectivity index (χ4n) is 2.73. The van der Waals surface area contributed by atoms with Crippen molar-refractivity contribution < 1.29 is 4.74 Å². The Morgan fingerprint density at radius 1 is 0.846 bits per heavy atom. The van der Waals surface area contributed by atoms with Crippen molar-refractivity contribution in [3.8, 4) is 5.75 Å². The summed E-state index contributed by atoms with van der Waals surface area (Å²) < 4.78 is 6.01. The van der Waals surface area contributed by atoms with E-state index in [2.05, 4.69) is 42.6 Å². The Hall–Kier alpha value is -2.00. The minimum absolute atomic E-state index is 0.252. The van der Waals surface area contributed by atoms with Gasteiger partial charge in [0.1, 0.15) is 12.4 Å². The van der Waals surface area contributed by atoms with Crippen molar-refractivity contribution in [3.63, 3.8) is 0 Å². The molecule has 0 aliphatic rings. The highest BCUT2D eigenvalue weighted by Gasteiger charge is 2.10. The fourth-order valence-corrected chi connectivity index (χ4v) is 3.24. The van der Waals surface area contributed by atoms with Gasteiger partial charge in [0.15, 0.2) is 0 Å². The molecular formula is C22H21Cl2NO. The first-order valence-corrected chi connectivity index (χ1v) is 9.32. The Morgan fingerprint density at radius 3 is 2.23 bits per heavy atom. The van der Waals surface area contributed by atoms with Crippen molar-refractivity contribution in [2.45, 2.75) is 26.1 Å². The summed E-state index contributed by atoms with van der Waals surface area (Å²) in [6.07, 6.45) is 0. The first kappa shape index (κ1) is 18.8. The predicted molar refractivity (Wildman–Crippen MR) is 109 cm³/mol. The molecule has 2 nitrogen and oxygen atoms in total. The molecule has 0 aromatic heterocycles. The molecule has 0 amide bonds. The average molecular weight is 386 g/mol. The van der Waals surface area contributed by atoms with Crippen molar-refractivity contribution in [1.29, 1.82) is 0 Å². The average Bonchev–Trinajstić information content (AvgIpc) is 2.67. The maximum absolute atomic E-state index is 6.23. The summed E-state index contributed by atoms with van der Waals surface area (Å²) in [4.78, 5) is 0. The van der Waals surface area contributed by atoms with Gasteiger partial charge in [0.25, 0.3) is 0 Å². The standard InChI is InChI=1S/C22H21Cl2NO/c1-16(17-8-3-2-4-9-17)25-14-18-10-5-6-13-22(18)26-15-19-20(23)11-7-12-21(19)24/h2-13,16,25H,14-15H2,1H3/t16-/m0/s1. The van der Waals surface area contributed by atoms with Crippen molar-refractivity contribution in [2.24, 2.45) is 0 Å². The first-order valence-electron chi connectivity index (χ1n) is 8.57. The zero-order valence-electron chi connectivity index (χ0n) is 14.6. The number of nitrogens with one attached hydrogen (secondary N) is 1. The van der Waals surface area contributed by atoms with Gasteiger partial charge in [0.2, 0.25) is 0 Å². The summed E-state index contributed by atoms with van der Waals surface area (Å²) in [6, 6.07) is 24.1. The lowest BCUT2D eigenvalue weighted by molar-refractivity contribution is 0.302. The molecule has 1 N–H and O–H groups in total. The van der Waals surface area contributed by atoms with Crippen molar-refractivity contribution >= 4 is 23.2 Å². The smallest absolute Gasteiger partial charge is 0.124 e. The van der Waals surface area contributed by atoms with E-state index in [0.29, 0.717) is 23.2 Å². The van der Waals surface area contributed by atoms with Crippen LogP contribution in [0, 0.1) is 0 Å². The Labute approximate surface area is 164 Å². The molecule has 26 heavy (non-hydrogen) atoms. The normalized spacial score (nSPS) is 12.0. The van der Waals surface area contributed by atoms with Crippen LogP contribution in [0.25, 0.3) is 0 Å². The van der Waals surface area contributed by atoms with Crippen molar-refractivity contribution in [1.82, 2.24) is 5.32 Å². The molecule has 3 aromatic rings. The Morgan fingerprint density at radius 2 is 1.50 bits per heavy atom. The highest BCUT2D eigenvalue weighted by molar-refractivity contribution is 6.35. The predicted octanol–water partition coefficient (Wildman–Crippen LogP) is 6.42. The summed E-state index contributed by atoms with van der Waals surface area (Å²) in [6.45, 7) is 3.20. The maximum Gasteiger partial charge on any atom is 0.124 e. The molecule has 4 heteroatoms. The van der Waals surface area contributed by atoms with E-state index in [9.17, 15) is 0 Å². The number of hydrogen-bond acceptors (Lipinski definition) is 2. The second-order valence-electron chi connectivity index (χ2n) is 6.11. The van der Waals surface area contributed by atoms with E-state index in [1.54, 1.807) is 0 Å². The van der Waals surface area contributed by atoms with E-state index in [0.717, 1.165) is 16.9 Å². The van der Waals surface area contributed by atoms with Gasteiger partial charge in [-0.1, -0.05) is 77.8 Å². The van der Waals surface area contributed by atoms with Gasteiger partial charge < -0.3 is 10.1 Å². The summed E-state index contributed by atoms with van der Waals surface area (Å²) in [5.74, 6) is 0.830. The molecule has 0 bridgehead atoms. The third-order valence-corrected chi connectivity index (χ3v) is 5.01. The van der Waals surface area contributed by atoms with Crippen molar-refractivity contribution in [3.05, 3.63) is 99.5 Å². The molecule has 0 radical (unpaired) electrons. The molecule has 1 atom stereocenters.